The summed E-state index contributed by atoms with van der Waals surface area (Å²) in [6.07, 6.45) is 8.88. The van der Waals surface area contributed by atoms with Gasteiger partial charge in [0.25, 0.3) is 0 Å². The van der Waals surface area contributed by atoms with Crippen LogP contribution >= 0.6 is 0 Å². The molecular weight excluding hydrogens is 240 g/mol. The second kappa shape index (κ2) is 6.80. The van der Waals surface area contributed by atoms with Crippen molar-refractivity contribution in [1.82, 2.24) is 20.4 Å². The van der Waals surface area contributed by atoms with Gasteiger partial charge in [-0.15, -0.1) is 0 Å². The molecule has 2 rings (SSSR count). The molecule has 108 valence electrons. The molecule has 5 heteroatoms. The van der Waals surface area contributed by atoms with E-state index in [9.17, 15) is 4.79 Å². The zero-order chi connectivity index (χ0) is 13.7. The number of hydrogen-bond donors (Lipinski definition) is 2. The second-order valence-corrected chi connectivity index (χ2v) is 5.65. The van der Waals surface area contributed by atoms with Crippen molar-refractivity contribution in [2.24, 2.45) is 0 Å². The van der Waals surface area contributed by atoms with E-state index in [2.05, 4.69) is 29.4 Å². The summed E-state index contributed by atoms with van der Waals surface area (Å²) in [5.41, 5.74) is 0. The lowest BCUT2D eigenvalue weighted by Gasteiger charge is -2.32. The van der Waals surface area contributed by atoms with Crippen molar-refractivity contribution in [3.63, 3.8) is 0 Å². The Kier molecular flexibility index (Phi) is 5.07. The molecule has 0 radical (unpaired) electrons. The lowest BCUT2D eigenvalue weighted by molar-refractivity contribution is 0.154. The van der Waals surface area contributed by atoms with Gasteiger partial charge < -0.3 is 10.6 Å². The first-order chi connectivity index (χ1) is 9.18. The summed E-state index contributed by atoms with van der Waals surface area (Å²) in [7, 11) is 0. The number of nitrogens with zero attached hydrogens (tertiary/aromatic N) is 2. The van der Waals surface area contributed by atoms with Gasteiger partial charge in [-0.25, -0.2) is 4.79 Å². The zero-order valence-corrected chi connectivity index (χ0v) is 12.1. The monoisotopic (exact) mass is 266 g/mol. The van der Waals surface area contributed by atoms with Gasteiger partial charge in [-0.3, -0.25) is 9.80 Å². The van der Waals surface area contributed by atoms with E-state index in [4.69, 9.17) is 0 Å². The molecule has 0 atom stereocenters. The minimum atomic E-state index is -0.0172. The van der Waals surface area contributed by atoms with Crippen LogP contribution in [0.2, 0.25) is 0 Å². The SMILES string of the molecule is CC(C)N(CCNC(=O)N1C=CNC1)C1CCCC1. The van der Waals surface area contributed by atoms with Gasteiger partial charge in [-0.2, -0.15) is 0 Å². The van der Waals surface area contributed by atoms with Crippen LogP contribution in [0.15, 0.2) is 12.4 Å². The van der Waals surface area contributed by atoms with Crippen LogP contribution in [-0.2, 0) is 0 Å². The normalized spacial score (nSPS) is 19.5. The average Bonchev–Trinajstić information content (AvgIpc) is 3.05. The summed E-state index contributed by atoms with van der Waals surface area (Å²) < 4.78 is 0. The molecule has 0 aromatic rings. The molecule has 1 aliphatic heterocycles. The Balaban J connectivity index is 1.72. The molecule has 2 aliphatic rings. The highest BCUT2D eigenvalue weighted by atomic mass is 16.2. The third-order valence-corrected chi connectivity index (χ3v) is 4.00. The maximum absolute atomic E-state index is 11.8. The Hall–Kier alpha value is -1.23. The molecule has 1 saturated carbocycles. The Morgan fingerprint density at radius 2 is 2.21 bits per heavy atom. The molecule has 19 heavy (non-hydrogen) atoms. The maximum Gasteiger partial charge on any atom is 0.322 e. The largest absolute Gasteiger partial charge is 0.372 e. The number of carbonyl (C=O) groups excluding carboxylic acids is 1. The highest BCUT2D eigenvalue weighted by Gasteiger charge is 2.24. The Labute approximate surface area is 116 Å². The van der Waals surface area contributed by atoms with Crippen molar-refractivity contribution in [2.45, 2.75) is 51.6 Å². The lowest BCUT2D eigenvalue weighted by Crippen LogP contribution is -2.45. The van der Waals surface area contributed by atoms with E-state index < -0.39 is 0 Å². The van der Waals surface area contributed by atoms with E-state index in [-0.39, 0.29) is 6.03 Å². The van der Waals surface area contributed by atoms with Gasteiger partial charge in [0.05, 0.1) is 6.67 Å². The molecule has 0 bridgehead atoms. The van der Waals surface area contributed by atoms with Crippen LogP contribution in [0, 0.1) is 0 Å². The van der Waals surface area contributed by atoms with Crippen LogP contribution in [0.4, 0.5) is 4.79 Å². The van der Waals surface area contributed by atoms with Crippen LogP contribution in [0.25, 0.3) is 0 Å². The fourth-order valence-electron chi connectivity index (χ4n) is 2.98. The summed E-state index contributed by atoms with van der Waals surface area (Å²) in [6, 6.07) is 1.25. The van der Waals surface area contributed by atoms with Crippen molar-refractivity contribution >= 4 is 6.03 Å². The van der Waals surface area contributed by atoms with Crippen molar-refractivity contribution in [2.75, 3.05) is 19.8 Å². The van der Waals surface area contributed by atoms with Gasteiger partial charge >= 0.3 is 6.03 Å². The van der Waals surface area contributed by atoms with Gasteiger partial charge in [0.1, 0.15) is 0 Å². The molecule has 2 amide bonds. The third kappa shape index (κ3) is 3.86. The molecule has 0 aromatic carbocycles. The standard InChI is InChI=1S/C14H26N4O/c1-12(2)18(13-5-3-4-6-13)10-8-16-14(19)17-9-7-15-11-17/h7,9,12-13,15H,3-6,8,10-11H2,1-2H3,(H,16,19). The highest BCUT2D eigenvalue weighted by molar-refractivity contribution is 5.75. The predicted octanol–water partition coefficient (Wildman–Crippen LogP) is 1.68. The fourth-order valence-corrected chi connectivity index (χ4v) is 2.98. The van der Waals surface area contributed by atoms with Crippen LogP contribution in [-0.4, -0.2) is 47.7 Å². The van der Waals surface area contributed by atoms with E-state index in [0.717, 1.165) is 13.1 Å². The molecular formula is C14H26N4O. The number of nitrogens with one attached hydrogen (secondary N) is 2. The van der Waals surface area contributed by atoms with Crippen LogP contribution in [0.1, 0.15) is 39.5 Å². The predicted molar refractivity (Wildman–Crippen MR) is 76.5 cm³/mol. The van der Waals surface area contributed by atoms with E-state index in [1.807, 2.05) is 0 Å². The first kappa shape index (κ1) is 14.2. The Morgan fingerprint density at radius 1 is 1.47 bits per heavy atom. The third-order valence-electron chi connectivity index (χ3n) is 4.00. The number of hydrogen-bond acceptors (Lipinski definition) is 3. The van der Waals surface area contributed by atoms with Crippen LogP contribution < -0.4 is 10.6 Å². The molecule has 0 aromatic heterocycles. The number of rotatable bonds is 5. The maximum atomic E-state index is 11.8. The highest BCUT2D eigenvalue weighted by Crippen LogP contribution is 2.24. The van der Waals surface area contributed by atoms with Crippen molar-refractivity contribution in [3.8, 4) is 0 Å². The topological polar surface area (TPSA) is 47.6 Å². The van der Waals surface area contributed by atoms with Crippen molar-refractivity contribution in [1.29, 1.82) is 0 Å². The minimum Gasteiger partial charge on any atom is -0.372 e. The van der Waals surface area contributed by atoms with Crippen molar-refractivity contribution in [3.05, 3.63) is 12.4 Å². The van der Waals surface area contributed by atoms with Gasteiger partial charge in [0.2, 0.25) is 0 Å². The summed E-state index contributed by atoms with van der Waals surface area (Å²) in [6.45, 7) is 6.72. The van der Waals surface area contributed by atoms with Crippen LogP contribution in [0.5, 0.6) is 0 Å². The summed E-state index contributed by atoms with van der Waals surface area (Å²) in [4.78, 5) is 16.0. The molecule has 1 heterocycles. The zero-order valence-electron chi connectivity index (χ0n) is 12.1. The van der Waals surface area contributed by atoms with Gasteiger partial charge in [-0.1, -0.05) is 12.8 Å². The molecule has 0 spiro atoms. The molecule has 5 nitrogen and oxygen atoms in total. The molecule has 1 aliphatic carbocycles. The van der Waals surface area contributed by atoms with Gasteiger partial charge in [-0.05, 0) is 26.7 Å². The van der Waals surface area contributed by atoms with E-state index in [1.54, 1.807) is 17.3 Å². The molecule has 0 saturated heterocycles. The minimum absolute atomic E-state index is 0.0172. The smallest absolute Gasteiger partial charge is 0.322 e. The van der Waals surface area contributed by atoms with Gasteiger partial charge in [0.15, 0.2) is 0 Å². The number of urea groups is 1. The first-order valence-corrected chi connectivity index (χ1v) is 7.39. The quantitative estimate of drug-likeness (QED) is 0.796. The molecule has 0 unspecified atom stereocenters. The molecule has 2 N–H and O–H groups in total. The Morgan fingerprint density at radius 3 is 2.79 bits per heavy atom. The summed E-state index contributed by atoms with van der Waals surface area (Å²) >= 11 is 0. The molecule has 1 fully saturated rings. The first-order valence-electron chi connectivity index (χ1n) is 7.39. The van der Waals surface area contributed by atoms with E-state index >= 15 is 0 Å². The summed E-state index contributed by atoms with van der Waals surface area (Å²) in [5.74, 6) is 0. The summed E-state index contributed by atoms with van der Waals surface area (Å²) in [5, 5.41) is 5.98. The van der Waals surface area contributed by atoms with Gasteiger partial charge in [0, 0.05) is 37.6 Å². The second-order valence-electron chi connectivity index (χ2n) is 5.65. The average molecular weight is 266 g/mol. The lowest BCUT2D eigenvalue weighted by atomic mass is 10.1. The van der Waals surface area contributed by atoms with Crippen molar-refractivity contribution < 1.29 is 4.79 Å². The fraction of sp³-hybridized carbons (Fsp3) is 0.786. The van der Waals surface area contributed by atoms with E-state index in [0.29, 0.717) is 18.8 Å². The Bertz CT molecular complexity index is 323. The van der Waals surface area contributed by atoms with Crippen LogP contribution in [0.3, 0.4) is 0 Å². The van der Waals surface area contributed by atoms with E-state index in [1.165, 1.54) is 25.7 Å². The number of amides is 2. The number of carbonyl (C=O) groups is 1.